The third-order valence-corrected chi connectivity index (χ3v) is 9.57. The molecule has 1 fully saturated rings. The quantitative estimate of drug-likeness (QED) is 0.130. The molecule has 2 amide bonds. The number of imidazole rings is 1. The molecule has 0 aliphatic carbocycles. The first-order valence-corrected chi connectivity index (χ1v) is 19.1. The van der Waals surface area contributed by atoms with Crippen LogP contribution in [0, 0.1) is 11.6 Å². The van der Waals surface area contributed by atoms with Gasteiger partial charge in [0.1, 0.15) is 29.5 Å². The number of aromatic nitrogens is 6. The van der Waals surface area contributed by atoms with Gasteiger partial charge >= 0.3 is 12.2 Å². The van der Waals surface area contributed by atoms with E-state index in [1.54, 1.807) is 46.4 Å². The first kappa shape index (κ1) is 43.6. The zero-order valence-electron chi connectivity index (χ0n) is 34.2. The Labute approximate surface area is 343 Å². The fourth-order valence-electron chi connectivity index (χ4n) is 6.88. The second-order valence-corrected chi connectivity index (χ2v) is 16.4. The van der Waals surface area contributed by atoms with Crippen LogP contribution in [0.4, 0.5) is 38.8 Å². The number of fused-ring (bicyclic) bond motifs is 1. The van der Waals surface area contributed by atoms with Crippen LogP contribution in [0.3, 0.4) is 0 Å². The van der Waals surface area contributed by atoms with Gasteiger partial charge < -0.3 is 34.1 Å². The SMILES string of the molecule is COc1cc(F)c(-c2cc(Cn3cnc4c(N(C(=O)OC(C)(C)C)C(=O)OC(C)(C)C)ncnc43)c(N3CCC[C@](NCc4ccccc4)([C@H](O)C(F)F)C3)nn2)cc1F. The topological polar surface area (TPSA) is 170 Å². The Morgan fingerprint density at radius 2 is 1.63 bits per heavy atom. The second kappa shape index (κ2) is 17.3. The Bertz CT molecular complexity index is 2310. The number of aliphatic hydroxyl groups is 1. The molecule has 5 aromatic rings. The molecule has 6 rings (SSSR count). The van der Waals surface area contributed by atoms with Gasteiger partial charge in [-0.2, -0.15) is 4.90 Å². The van der Waals surface area contributed by atoms with E-state index < -0.39 is 53.1 Å². The number of carbonyl (C=O) groups is 2. The predicted octanol–water partition coefficient (Wildman–Crippen LogP) is 7.05. The second-order valence-electron chi connectivity index (χ2n) is 16.4. The monoisotopic (exact) mass is 837 g/mol. The molecule has 0 radical (unpaired) electrons. The zero-order chi connectivity index (χ0) is 43.6. The number of nitrogens with zero attached hydrogens (tertiary/aromatic N) is 8. The van der Waals surface area contributed by atoms with E-state index in [0.717, 1.165) is 24.0 Å². The lowest BCUT2D eigenvalue weighted by Gasteiger charge is -2.46. The number of ether oxygens (including phenoxy) is 3. The molecule has 15 nitrogen and oxygen atoms in total. The number of nitrogens with one attached hydrogen (secondary N) is 1. The van der Waals surface area contributed by atoms with E-state index in [1.807, 2.05) is 30.3 Å². The molecule has 0 unspecified atom stereocenters. The Hall–Kier alpha value is -5.95. The number of imide groups is 1. The summed E-state index contributed by atoms with van der Waals surface area (Å²) in [6, 6.07) is 12.4. The van der Waals surface area contributed by atoms with Crippen LogP contribution in [0.2, 0.25) is 0 Å². The predicted molar refractivity (Wildman–Crippen MR) is 213 cm³/mol. The van der Waals surface area contributed by atoms with Gasteiger partial charge in [-0.25, -0.2) is 42.1 Å². The summed E-state index contributed by atoms with van der Waals surface area (Å²) in [5.41, 5.74) is -2.51. The van der Waals surface area contributed by atoms with Gasteiger partial charge in [0.25, 0.3) is 6.43 Å². The number of alkyl halides is 2. The standard InChI is InChI=1S/C41H47F4N9O6/c1-39(2,3)59-37(56)54(38(57)60-40(4,5)6)36-31-35(46-22-47-36)53(23-48-31)20-25-16-29(26-17-28(43)30(58-7)18-27(26)42)50-51-34(25)52-15-11-14-41(21-52,32(55)33(44)45)49-19-24-12-9-8-10-13-24/h8-10,12-13,16-18,22-23,32-33,49,55H,11,14-15,19-21H2,1-7H3/t32-,41-/m1/s1. The smallest absolute Gasteiger partial charge is 0.425 e. The Morgan fingerprint density at radius 1 is 0.950 bits per heavy atom. The van der Waals surface area contributed by atoms with Crippen molar-refractivity contribution in [2.24, 2.45) is 0 Å². The van der Waals surface area contributed by atoms with Gasteiger partial charge in [-0.05, 0) is 72.1 Å². The van der Waals surface area contributed by atoms with Gasteiger partial charge in [-0.15, -0.1) is 10.2 Å². The van der Waals surface area contributed by atoms with Crippen molar-refractivity contribution in [3.8, 4) is 17.0 Å². The van der Waals surface area contributed by atoms with Crippen molar-refractivity contribution in [2.45, 2.75) is 96.7 Å². The van der Waals surface area contributed by atoms with Gasteiger partial charge in [0, 0.05) is 36.8 Å². The molecule has 4 heterocycles. The number of methoxy groups -OCH3 is 1. The Kier molecular flexibility index (Phi) is 12.6. The van der Waals surface area contributed by atoms with Gasteiger partial charge in [-0.3, -0.25) is 0 Å². The fraction of sp³-hybridized carbons (Fsp3) is 0.439. The first-order chi connectivity index (χ1) is 28.3. The number of benzene rings is 2. The number of rotatable bonds is 11. The molecule has 0 bridgehead atoms. The van der Waals surface area contributed by atoms with E-state index in [-0.39, 0.29) is 65.9 Å². The minimum absolute atomic E-state index is 0.00318. The summed E-state index contributed by atoms with van der Waals surface area (Å²) in [7, 11) is 1.20. The fourth-order valence-corrected chi connectivity index (χ4v) is 6.88. The molecule has 60 heavy (non-hydrogen) atoms. The third kappa shape index (κ3) is 9.73. The number of carbonyl (C=O) groups excluding carboxylic acids is 2. The molecule has 2 N–H and O–H groups in total. The van der Waals surface area contributed by atoms with E-state index in [9.17, 15) is 27.9 Å². The van der Waals surface area contributed by atoms with Gasteiger partial charge in [0.15, 0.2) is 34.4 Å². The molecule has 3 aromatic heterocycles. The summed E-state index contributed by atoms with van der Waals surface area (Å²) in [6.07, 6.45) is -4.25. The largest absolute Gasteiger partial charge is 0.494 e. The van der Waals surface area contributed by atoms with Gasteiger partial charge in [-0.1, -0.05) is 30.3 Å². The maximum absolute atomic E-state index is 15.5. The highest BCUT2D eigenvalue weighted by Crippen LogP contribution is 2.35. The summed E-state index contributed by atoms with van der Waals surface area (Å²) < 4.78 is 76.8. The number of piperidine rings is 1. The molecule has 320 valence electrons. The molecule has 0 spiro atoms. The van der Waals surface area contributed by atoms with Crippen molar-refractivity contribution in [1.29, 1.82) is 0 Å². The molecule has 0 saturated carbocycles. The Morgan fingerprint density at radius 3 is 2.27 bits per heavy atom. The number of aliphatic hydroxyl groups excluding tert-OH is 1. The third-order valence-electron chi connectivity index (χ3n) is 9.57. The number of amides is 2. The van der Waals surface area contributed by atoms with Gasteiger partial charge in [0.05, 0.1) is 31.2 Å². The summed E-state index contributed by atoms with van der Waals surface area (Å²) >= 11 is 0. The first-order valence-electron chi connectivity index (χ1n) is 19.1. The van der Waals surface area contributed by atoms with Crippen molar-refractivity contribution in [3.05, 3.63) is 83.9 Å². The van der Waals surface area contributed by atoms with E-state index in [2.05, 4.69) is 30.5 Å². The van der Waals surface area contributed by atoms with Crippen LogP contribution in [0.5, 0.6) is 5.75 Å². The normalized spacial score (nSPS) is 16.5. The minimum Gasteiger partial charge on any atom is -0.494 e. The highest BCUT2D eigenvalue weighted by molar-refractivity contribution is 6.12. The van der Waals surface area contributed by atoms with Crippen molar-refractivity contribution in [1.82, 2.24) is 35.0 Å². The van der Waals surface area contributed by atoms with Crippen molar-refractivity contribution in [3.63, 3.8) is 0 Å². The molecule has 2 aromatic carbocycles. The van der Waals surface area contributed by atoms with Crippen LogP contribution < -0.4 is 19.9 Å². The van der Waals surface area contributed by atoms with Crippen LogP contribution in [0.25, 0.3) is 22.4 Å². The zero-order valence-corrected chi connectivity index (χ0v) is 34.2. The van der Waals surface area contributed by atoms with Crippen LogP contribution in [0.1, 0.15) is 65.5 Å². The summed E-state index contributed by atoms with van der Waals surface area (Å²) in [6.45, 7) is 10.0. The molecule has 1 aliphatic rings. The maximum Gasteiger partial charge on any atom is 0.425 e. The van der Waals surface area contributed by atoms with E-state index in [0.29, 0.717) is 23.4 Å². The number of anilines is 2. The van der Waals surface area contributed by atoms with Gasteiger partial charge in [0.2, 0.25) is 0 Å². The molecule has 2 atom stereocenters. The number of hydrogen-bond donors (Lipinski definition) is 2. The molecular weight excluding hydrogens is 790 g/mol. The van der Waals surface area contributed by atoms with Crippen LogP contribution in [-0.4, -0.2) is 96.5 Å². The van der Waals surface area contributed by atoms with Crippen LogP contribution in [0.15, 0.2) is 61.2 Å². The highest BCUT2D eigenvalue weighted by atomic mass is 19.3. The van der Waals surface area contributed by atoms with Crippen molar-refractivity contribution >= 4 is 35.0 Å². The average Bonchev–Trinajstić information content (AvgIpc) is 3.59. The van der Waals surface area contributed by atoms with Crippen LogP contribution >= 0.6 is 0 Å². The molecule has 19 heteroatoms. The lowest BCUT2D eigenvalue weighted by molar-refractivity contribution is -0.0658. The number of halogens is 4. The van der Waals surface area contributed by atoms with E-state index in [4.69, 9.17) is 14.2 Å². The summed E-state index contributed by atoms with van der Waals surface area (Å²) in [4.78, 5) is 42.5. The van der Waals surface area contributed by atoms with Crippen molar-refractivity contribution in [2.75, 3.05) is 30.0 Å². The maximum atomic E-state index is 15.5. The van der Waals surface area contributed by atoms with E-state index >= 15 is 4.39 Å². The highest BCUT2D eigenvalue weighted by Gasteiger charge is 2.46. The van der Waals surface area contributed by atoms with E-state index in [1.165, 1.54) is 24.1 Å². The van der Waals surface area contributed by atoms with Crippen LogP contribution in [-0.2, 0) is 22.6 Å². The summed E-state index contributed by atoms with van der Waals surface area (Å²) in [5.74, 6) is -2.06. The van der Waals surface area contributed by atoms with Crippen molar-refractivity contribution < 1.29 is 46.5 Å². The minimum atomic E-state index is -3.08. The molecule has 1 saturated heterocycles. The number of hydrogen-bond acceptors (Lipinski definition) is 13. The average molecular weight is 838 g/mol. The lowest BCUT2D eigenvalue weighted by Crippen LogP contribution is -2.65. The molecule has 1 aliphatic heterocycles. The summed E-state index contributed by atoms with van der Waals surface area (Å²) in [5, 5.41) is 23.0. The lowest BCUT2D eigenvalue weighted by atomic mass is 9.83. The molecular formula is C41H47F4N9O6. The Balaban J connectivity index is 1.45.